The Morgan fingerprint density at radius 2 is 1.90 bits per heavy atom. The van der Waals surface area contributed by atoms with Crippen LogP contribution in [0.25, 0.3) is 0 Å². The molecule has 1 aliphatic heterocycles. The molecule has 2 aliphatic rings. The number of methoxy groups -OCH3 is 1. The van der Waals surface area contributed by atoms with Gasteiger partial charge in [0.25, 0.3) is 0 Å². The van der Waals surface area contributed by atoms with Gasteiger partial charge in [0.1, 0.15) is 11.1 Å². The lowest BCUT2D eigenvalue weighted by molar-refractivity contribution is -0.166. The average Bonchev–Trinajstić information content (AvgIpc) is 2.50. The summed E-state index contributed by atoms with van der Waals surface area (Å²) in [5.74, 6) is 0.0600. The van der Waals surface area contributed by atoms with Crippen molar-refractivity contribution in [3.8, 4) is 0 Å². The third-order valence-corrected chi connectivity index (χ3v) is 5.33. The maximum absolute atomic E-state index is 13.1. The highest BCUT2D eigenvalue weighted by atomic mass is 16.5. The fourth-order valence-electron chi connectivity index (χ4n) is 3.47. The van der Waals surface area contributed by atoms with E-state index in [4.69, 9.17) is 4.74 Å². The van der Waals surface area contributed by atoms with Crippen LogP contribution in [0, 0.1) is 0 Å². The number of hydrogen-bond acceptors (Lipinski definition) is 3. The average molecular weight is 296 g/mol. The van der Waals surface area contributed by atoms with Crippen molar-refractivity contribution in [1.82, 2.24) is 10.2 Å². The van der Waals surface area contributed by atoms with Gasteiger partial charge < -0.3 is 15.0 Å². The molecule has 1 N–H and O–H groups in total. The summed E-state index contributed by atoms with van der Waals surface area (Å²) in [5.41, 5.74) is -1.44. The standard InChI is InChI=1S/C16H28N2O3/c1-5-15(3)13(19)17-16(9-7-6-8-10-16)14(20)18(15)11-12(2)21-4/h12H,5-11H2,1-4H3,(H,17,19). The van der Waals surface area contributed by atoms with Gasteiger partial charge in [0.05, 0.1) is 6.10 Å². The lowest BCUT2D eigenvalue weighted by Gasteiger charge is -2.52. The van der Waals surface area contributed by atoms with Crippen LogP contribution in [0.3, 0.4) is 0 Å². The topological polar surface area (TPSA) is 58.6 Å². The summed E-state index contributed by atoms with van der Waals surface area (Å²) in [4.78, 5) is 27.6. The number of ether oxygens (including phenoxy) is 1. The first-order valence-corrected chi connectivity index (χ1v) is 8.07. The summed E-state index contributed by atoms with van der Waals surface area (Å²) in [7, 11) is 1.64. The van der Waals surface area contributed by atoms with Crippen molar-refractivity contribution in [1.29, 1.82) is 0 Å². The zero-order chi connectivity index (χ0) is 15.7. The van der Waals surface area contributed by atoms with Gasteiger partial charge in [-0.15, -0.1) is 0 Å². The zero-order valence-corrected chi connectivity index (χ0v) is 13.7. The second-order valence-electron chi connectivity index (χ2n) is 6.69. The fraction of sp³-hybridized carbons (Fsp3) is 0.875. The lowest BCUT2D eigenvalue weighted by Crippen LogP contribution is -2.75. The minimum absolute atomic E-state index is 0.0187. The molecule has 2 rings (SSSR count). The highest BCUT2D eigenvalue weighted by Gasteiger charge is 2.55. The van der Waals surface area contributed by atoms with E-state index in [-0.39, 0.29) is 17.9 Å². The first-order chi connectivity index (χ1) is 9.89. The van der Waals surface area contributed by atoms with Gasteiger partial charge in [0.15, 0.2) is 0 Å². The fourth-order valence-corrected chi connectivity index (χ4v) is 3.47. The van der Waals surface area contributed by atoms with E-state index in [9.17, 15) is 9.59 Å². The Morgan fingerprint density at radius 3 is 2.43 bits per heavy atom. The van der Waals surface area contributed by atoms with Crippen LogP contribution in [0.1, 0.15) is 59.3 Å². The van der Waals surface area contributed by atoms with Gasteiger partial charge >= 0.3 is 0 Å². The second kappa shape index (κ2) is 5.95. The number of nitrogens with zero attached hydrogens (tertiary/aromatic N) is 1. The minimum atomic E-state index is -0.771. The van der Waals surface area contributed by atoms with Crippen molar-refractivity contribution in [2.75, 3.05) is 13.7 Å². The Balaban J connectivity index is 2.33. The summed E-state index contributed by atoms with van der Waals surface area (Å²) in [6.07, 6.45) is 5.20. The maximum Gasteiger partial charge on any atom is 0.249 e. The summed E-state index contributed by atoms with van der Waals surface area (Å²) in [6, 6.07) is 0. The maximum atomic E-state index is 13.1. The largest absolute Gasteiger partial charge is 0.380 e. The number of amides is 2. The molecule has 1 heterocycles. The number of carbonyl (C=O) groups is 2. The van der Waals surface area contributed by atoms with Gasteiger partial charge in [-0.1, -0.05) is 26.2 Å². The number of rotatable bonds is 4. The number of piperazine rings is 1. The molecule has 0 bridgehead atoms. The molecule has 0 radical (unpaired) electrons. The highest BCUT2D eigenvalue weighted by Crippen LogP contribution is 2.37. The van der Waals surface area contributed by atoms with Crippen LogP contribution in [-0.2, 0) is 14.3 Å². The molecule has 1 saturated heterocycles. The first-order valence-electron chi connectivity index (χ1n) is 8.07. The number of hydrogen-bond donors (Lipinski definition) is 1. The van der Waals surface area contributed by atoms with Crippen LogP contribution in [0.5, 0.6) is 0 Å². The number of nitrogens with one attached hydrogen (secondary N) is 1. The predicted octanol–water partition coefficient (Wildman–Crippen LogP) is 1.85. The third kappa shape index (κ3) is 2.68. The quantitative estimate of drug-likeness (QED) is 0.861. The van der Waals surface area contributed by atoms with Crippen molar-refractivity contribution in [2.45, 2.75) is 76.5 Å². The van der Waals surface area contributed by atoms with E-state index in [0.29, 0.717) is 13.0 Å². The zero-order valence-electron chi connectivity index (χ0n) is 13.7. The van der Waals surface area contributed by atoms with Gasteiger partial charge in [-0.05, 0) is 33.1 Å². The summed E-state index contributed by atoms with van der Waals surface area (Å²) >= 11 is 0. The molecule has 2 amide bonds. The molecule has 120 valence electrons. The van der Waals surface area contributed by atoms with Gasteiger partial charge in [-0.25, -0.2) is 0 Å². The Hall–Kier alpha value is -1.10. The Morgan fingerprint density at radius 1 is 1.29 bits per heavy atom. The molecular formula is C16H28N2O3. The molecule has 1 saturated carbocycles. The summed E-state index contributed by atoms with van der Waals surface area (Å²) in [6.45, 7) is 6.22. The van der Waals surface area contributed by atoms with Crippen molar-refractivity contribution < 1.29 is 14.3 Å². The molecule has 1 spiro atoms. The Labute approximate surface area is 127 Å². The van der Waals surface area contributed by atoms with Gasteiger partial charge in [0.2, 0.25) is 11.8 Å². The van der Waals surface area contributed by atoms with Gasteiger partial charge in [-0.2, -0.15) is 0 Å². The minimum Gasteiger partial charge on any atom is -0.380 e. The highest BCUT2D eigenvalue weighted by molar-refractivity contribution is 6.02. The van der Waals surface area contributed by atoms with Crippen molar-refractivity contribution in [3.05, 3.63) is 0 Å². The second-order valence-corrected chi connectivity index (χ2v) is 6.69. The van der Waals surface area contributed by atoms with E-state index >= 15 is 0 Å². The molecule has 5 heteroatoms. The van der Waals surface area contributed by atoms with Crippen molar-refractivity contribution in [2.24, 2.45) is 0 Å². The predicted molar refractivity (Wildman–Crippen MR) is 80.8 cm³/mol. The molecule has 2 fully saturated rings. The summed E-state index contributed by atoms with van der Waals surface area (Å²) in [5, 5.41) is 3.07. The molecule has 21 heavy (non-hydrogen) atoms. The molecule has 0 aromatic rings. The normalized spacial score (nSPS) is 30.4. The van der Waals surface area contributed by atoms with Crippen LogP contribution < -0.4 is 5.32 Å². The van der Waals surface area contributed by atoms with E-state index in [2.05, 4.69) is 5.32 Å². The molecule has 0 aromatic heterocycles. The van der Waals surface area contributed by atoms with Crippen LogP contribution in [-0.4, -0.2) is 47.6 Å². The molecule has 2 unspecified atom stereocenters. The van der Waals surface area contributed by atoms with Crippen LogP contribution in [0.2, 0.25) is 0 Å². The van der Waals surface area contributed by atoms with Crippen molar-refractivity contribution >= 4 is 11.8 Å². The third-order valence-electron chi connectivity index (χ3n) is 5.33. The monoisotopic (exact) mass is 296 g/mol. The molecular weight excluding hydrogens is 268 g/mol. The van der Waals surface area contributed by atoms with Crippen molar-refractivity contribution in [3.63, 3.8) is 0 Å². The van der Waals surface area contributed by atoms with E-state index < -0.39 is 11.1 Å². The lowest BCUT2D eigenvalue weighted by atomic mass is 9.75. The Kier molecular flexibility index (Phi) is 4.61. The van der Waals surface area contributed by atoms with Crippen LogP contribution in [0.15, 0.2) is 0 Å². The Bertz CT molecular complexity index is 418. The smallest absolute Gasteiger partial charge is 0.249 e. The molecule has 2 atom stereocenters. The first kappa shape index (κ1) is 16.3. The van der Waals surface area contributed by atoms with Crippen LogP contribution in [0.4, 0.5) is 0 Å². The van der Waals surface area contributed by atoms with E-state index in [1.54, 1.807) is 12.0 Å². The van der Waals surface area contributed by atoms with E-state index in [1.165, 1.54) is 0 Å². The summed E-state index contributed by atoms with van der Waals surface area (Å²) < 4.78 is 5.32. The van der Waals surface area contributed by atoms with Gasteiger partial charge in [0, 0.05) is 13.7 Å². The number of carbonyl (C=O) groups excluding carboxylic acids is 2. The molecule has 1 aliphatic carbocycles. The van der Waals surface area contributed by atoms with E-state index in [1.807, 2.05) is 20.8 Å². The molecule has 5 nitrogen and oxygen atoms in total. The SMILES string of the molecule is CCC1(C)C(=O)NC2(CCCCC2)C(=O)N1CC(C)OC. The van der Waals surface area contributed by atoms with E-state index in [0.717, 1.165) is 32.1 Å². The van der Waals surface area contributed by atoms with Gasteiger partial charge in [-0.3, -0.25) is 9.59 Å². The molecule has 0 aromatic carbocycles. The van der Waals surface area contributed by atoms with Crippen LogP contribution >= 0.6 is 0 Å².